The molecule has 3 N–H and O–H groups in total. The largest absolute Gasteiger partial charge is 0.507 e. The number of hydrogen-bond donors (Lipinski definition) is 3. The molecule has 0 amide bonds. The van der Waals surface area contributed by atoms with Gasteiger partial charge >= 0.3 is 7.60 Å². The molecule has 1 rings (SSSR count). The molecule has 0 fully saturated rings. The van der Waals surface area contributed by atoms with Crippen molar-refractivity contribution in [3.05, 3.63) is 23.8 Å². The van der Waals surface area contributed by atoms with E-state index in [1.807, 2.05) is 0 Å². The molecule has 0 heterocycles. The predicted molar refractivity (Wildman–Crippen MR) is 44.5 cm³/mol. The van der Waals surface area contributed by atoms with Crippen LogP contribution in [0.5, 0.6) is 5.75 Å². The lowest BCUT2D eigenvalue weighted by atomic mass is 10.2. The van der Waals surface area contributed by atoms with Crippen LogP contribution in [0.2, 0.25) is 0 Å². The molecule has 1 aromatic carbocycles. The van der Waals surface area contributed by atoms with Crippen molar-refractivity contribution in [2.24, 2.45) is 0 Å². The van der Waals surface area contributed by atoms with E-state index in [2.05, 4.69) is 0 Å². The maximum absolute atomic E-state index is 10.7. The van der Waals surface area contributed by atoms with Gasteiger partial charge in [0.15, 0.2) is 0 Å². The topological polar surface area (TPSA) is 77.8 Å². The number of rotatable bonds is 1. The van der Waals surface area contributed by atoms with Gasteiger partial charge < -0.3 is 14.9 Å². The molecule has 0 spiro atoms. The number of aryl methyl sites for hydroxylation is 1. The fourth-order valence-corrected chi connectivity index (χ4v) is 1.61. The highest BCUT2D eigenvalue weighted by atomic mass is 31.2. The summed E-state index contributed by atoms with van der Waals surface area (Å²) in [6.07, 6.45) is 0. The third-order valence-corrected chi connectivity index (χ3v) is 2.52. The molecule has 5 heteroatoms. The number of para-hydroxylation sites is 1. The minimum atomic E-state index is -4.33. The van der Waals surface area contributed by atoms with Gasteiger partial charge in [-0.05, 0) is 18.6 Å². The minimum absolute atomic E-state index is 0.317. The highest BCUT2D eigenvalue weighted by Crippen LogP contribution is 2.37. The summed E-state index contributed by atoms with van der Waals surface area (Å²) in [6.45, 7) is 1.58. The van der Waals surface area contributed by atoms with Gasteiger partial charge in [0.05, 0.1) is 0 Å². The van der Waals surface area contributed by atoms with E-state index in [0.717, 1.165) is 0 Å². The molecule has 0 aliphatic heterocycles. The zero-order valence-corrected chi connectivity index (χ0v) is 7.32. The molecule has 0 aliphatic carbocycles. The van der Waals surface area contributed by atoms with Crippen molar-refractivity contribution in [3.63, 3.8) is 0 Å². The Morgan fingerprint density at radius 2 is 1.92 bits per heavy atom. The average molecular weight is 188 g/mol. The Balaban J connectivity index is 3.36. The van der Waals surface area contributed by atoms with E-state index in [-0.39, 0.29) is 11.1 Å². The minimum Gasteiger partial charge on any atom is -0.507 e. The molecule has 12 heavy (non-hydrogen) atoms. The van der Waals surface area contributed by atoms with E-state index in [4.69, 9.17) is 9.79 Å². The van der Waals surface area contributed by atoms with Gasteiger partial charge in [0.1, 0.15) is 11.1 Å². The smallest absolute Gasteiger partial charge is 0.359 e. The number of benzene rings is 1. The number of phenols is 1. The monoisotopic (exact) mass is 188 g/mol. The van der Waals surface area contributed by atoms with Crippen molar-refractivity contribution in [2.75, 3.05) is 0 Å². The molecular formula is C7H9O4P. The number of aromatic hydroxyl groups is 1. The summed E-state index contributed by atoms with van der Waals surface area (Å²) < 4.78 is 10.7. The summed E-state index contributed by atoms with van der Waals surface area (Å²) in [5.41, 5.74) is 0.454. The van der Waals surface area contributed by atoms with Crippen LogP contribution in [-0.2, 0) is 4.57 Å². The quantitative estimate of drug-likeness (QED) is 0.561. The van der Waals surface area contributed by atoms with Crippen molar-refractivity contribution in [2.45, 2.75) is 6.92 Å². The molecule has 0 unspecified atom stereocenters. The Bertz CT molecular complexity index is 341. The standard InChI is InChI=1S/C7H9O4P/c1-5-3-2-4-6(7(5)8)12(9,10)11/h2-4,8H,1H3,(H2,9,10,11). The van der Waals surface area contributed by atoms with Crippen LogP contribution in [0.3, 0.4) is 0 Å². The lowest BCUT2D eigenvalue weighted by Crippen LogP contribution is -2.04. The molecule has 0 bridgehead atoms. The van der Waals surface area contributed by atoms with Gasteiger partial charge in [-0.1, -0.05) is 12.1 Å². The molecule has 0 saturated heterocycles. The van der Waals surface area contributed by atoms with Gasteiger partial charge in [-0.3, -0.25) is 4.57 Å². The van der Waals surface area contributed by atoms with E-state index in [0.29, 0.717) is 5.56 Å². The second kappa shape index (κ2) is 2.90. The van der Waals surface area contributed by atoms with Gasteiger partial charge in [0.2, 0.25) is 0 Å². The van der Waals surface area contributed by atoms with E-state index >= 15 is 0 Å². The van der Waals surface area contributed by atoms with Gasteiger partial charge in [0, 0.05) is 0 Å². The van der Waals surface area contributed by atoms with Crippen LogP contribution in [0, 0.1) is 6.92 Å². The van der Waals surface area contributed by atoms with Gasteiger partial charge in [-0.2, -0.15) is 0 Å². The lowest BCUT2D eigenvalue weighted by Gasteiger charge is -2.07. The van der Waals surface area contributed by atoms with Gasteiger partial charge in [0.25, 0.3) is 0 Å². The Hall–Kier alpha value is -0.830. The molecule has 1 aromatic rings. The third-order valence-electron chi connectivity index (χ3n) is 1.53. The average Bonchev–Trinajstić information content (AvgIpc) is 1.92. The highest BCUT2D eigenvalue weighted by Gasteiger charge is 2.21. The van der Waals surface area contributed by atoms with E-state index in [1.54, 1.807) is 13.0 Å². The Labute approximate surface area is 69.6 Å². The van der Waals surface area contributed by atoms with Crippen molar-refractivity contribution in [3.8, 4) is 5.75 Å². The fraction of sp³-hybridized carbons (Fsp3) is 0.143. The second-order valence-corrected chi connectivity index (χ2v) is 4.06. The lowest BCUT2D eigenvalue weighted by molar-refractivity contribution is 0.384. The first-order valence-corrected chi connectivity index (χ1v) is 4.89. The number of phenolic OH excluding ortho intramolecular Hbond substituents is 1. The molecule has 4 nitrogen and oxygen atoms in total. The van der Waals surface area contributed by atoms with Crippen LogP contribution in [0.15, 0.2) is 18.2 Å². The van der Waals surface area contributed by atoms with E-state index < -0.39 is 7.60 Å². The summed E-state index contributed by atoms with van der Waals surface area (Å²) in [5, 5.41) is 8.92. The van der Waals surface area contributed by atoms with Crippen molar-refractivity contribution < 1.29 is 19.5 Å². The van der Waals surface area contributed by atoms with Crippen LogP contribution in [0.25, 0.3) is 0 Å². The normalized spacial score (nSPS) is 11.6. The SMILES string of the molecule is Cc1cccc(P(=O)(O)O)c1O. The summed E-state index contributed by atoms with van der Waals surface area (Å²) in [6, 6.07) is 4.28. The van der Waals surface area contributed by atoms with Crippen LogP contribution in [-0.4, -0.2) is 14.9 Å². The van der Waals surface area contributed by atoms with Crippen molar-refractivity contribution in [1.82, 2.24) is 0 Å². The summed E-state index contributed by atoms with van der Waals surface area (Å²) in [4.78, 5) is 17.5. The first-order valence-electron chi connectivity index (χ1n) is 3.27. The first kappa shape index (κ1) is 9.26. The van der Waals surface area contributed by atoms with Crippen LogP contribution in [0.1, 0.15) is 5.56 Å². The van der Waals surface area contributed by atoms with Crippen LogP contribution in [0.4, 0.5) is 0 Å². The predicted octanol–water partition coefficient (Wildman–Crippen LogP) is 0.504. The molecule has 66 valence electrons. The Morgan fingerprint density at radius 1 is 1.33 bits per heavy atom. The molecule has 0 aromatic heterocycles. The van der Waals surface area contributed by atoms with E-state index in [1.165, 1.54) is 12.1 Å². The number of hydrogen-bond acceptors (Lipinski definition) is 2. The third kappa shape index (κ3) is 1.67. The summed E-state index contributed by atoms with van der Waals surface area (Å²) in [5.74, 6) is -0.328. The zero-order chi connectivity index (χ0) is 9.35. The van der Waals surface area contributed by atoms with Crippen molar-refractivity contribution >= 4 is 12.9 Å². The zero-order valence-electron chi connectivity index (χ0n) is 6.43. The van der Waals surface area contributed by atoms with Gasteiger partial charge in [-0.25, -0.2) is 0 Å². The molecule has 0 aliphatic rings. The Morgan fingerprint density at radius 3 is 2.33 bits per heavy atom. The molecule has 0 radical (unpaired) electrons. The maximum Gasteiger partial charge on any atom is 0.359 e. The molecular weight excluding hydrogens is 179 g/mol. The van der Waals surface area contributed by atoms with Crippen LogP contribution >= 0.6 is 7.60 Å². The summed E-state index contributed by atoms with van der Waals surface area (Å²) >= 11 is 0. The molecule has 0 saturated carbocycles. The highest BCUT2D eigenvalue weighted by molar-refractivity contribution is 7.60. The summed E-state index contributed by atoms with van der Waals surface area (Å²) in [7, 11) is -4.33. The van der Waals surface area contributed by atoms with Gasteiger partial charge in [-0.15, -0.1) is 0 Å². The van der Waals surface area contributed by atoms with E-state index in [9.17, 15) is 9.67 Å². The van der Waals surface area contributed by atoms with Crippen molar-refractivity contribution in [1.29, 1.82) is 0 Å². The first-order chi connectivity index (χ1) is 5.43. The van der Waals surface area contributed by atoms with Crippen LogP contribution < -0.4 is 5.30 Å². The maximum atomic E-state index is 10.7. The molecule has 0 atom stereocenters. The fourth-order valence-electron chi connectivity index (χ4n) is 0.879. The Kier molecular flexibility index (Phi) is 2.24. The second-order valence-electron chi connectivity index (χ2n) is 2.49.